The SMILES string of the molecule is CN(Cc1ccc(F)c(F)c1)C(=O)NCc1cccc(NC(=O)C2CCC2)c1. The molecule has 0 heterocycles. The fourth-order valence-corrected chi connectivity index (χ4v) is 2.97. The minimum atomic E-state index is -0.938. The minimum Gasteiger partial charge on any atom is -0.334 e. The number of hydrogen-bond donors (Lipinski definition) is 2. The summed E-state index contributed by atoms with van der Waals surface area (Å²) in [5, 5.41) is 5.69. The third kappa shape index (κ3) is 5.06. The second-order valence-corrected chi connectivity index (χ2v) is 7.08. The number of hydrogen-bond acceptors (Lipinski definition) is 2. The Hall–Kier alpha value is -2.96. The van der Waals surface area contributed by atoms with Gasteiger partial charge in [-0.3, -0.25) is 4.79 Å². The lowest BCUT2D eigenvalue weighted by Crippen LogP contribution is -2.36. The van der Waals surface area contributed by atoms with Crippen molar-refractivity contribution in [2.75, 3.05) is 12.4 Å². The summed E-state index contributed by atoms with van der Waals surface area (Å²) >= 11 is 0. The van der Waals surface area contributed by atoms with Crippen molar-refractivity contribution in [2.45, 2.75) is 32.4 Å². The Balaban J connectivity index is 1.51. The maximum absolute atomic E-state index is 13.3. The smallest absolute Gasteiger partial charge is 0.317 e. The number of rotatable bonds is 6. The van der Waals surface area contributed by atoms with Gasteiger partial charge in [-0.15, -0.1) is 0 Å². The molecular weight excluding hydrogens is 364 g/mol. The van der Waals surface area contributed by atoms with Crippen LogP contribution in [0.3, 0.4) is 0 Å². The van der Waals surface area contributed by atoms with Crippen LogP contribution in [0.15, 0.2) is 42.5 Å². The molecule has 0 aromatic heterocycles. The lowest BCUT2D eigenvalue weighted by Gasteiger charge is -2.24. The zero-order chi connectivity index (χ0) is 20.1. The summed E-state index contributed by atoms with van der Waals surface area (Å²) < 4.78 is 26.3. The van der Waals surface area contributed by atoms with Gasteiger partial charge in [-0.2, -0.15) is 0 Å². The number of halogens is 2. The Kier molecular flexibility index (Phi) is 6.23. The van der Waals surface area contributed by atoms with Crippen LogP contribution < -0.4 is 10.6 Å². The fourth-order valence-electron chi connectivity index (χ4n) is 2.97. The minimum absolute atomic E-state index is 0.0405. The van der Waals surface area contributed by atoms with E-state index in [0.717, 1.165) is 37.0 Å². The Labute approximate surface area is 162 Å². The molecule has 1 saturated carbocycles. The van der Waals surface area contributed by atoms with Gasteiger partial charge in [-0.1, -0.05) is 24.6 Å². The van der Waals surface area contributed by atoms with Crippen LogP contribution in [0.25, 0.3) is 0 Å². The number of amides is 3. The van der Waals surface area contributed by atoms with Crippen LogP contribution in [0.2, 0.25) is 0 Å². The van der Waals surface area contributed by atoms with Gasteiger partial charge in [0.1, 0.15) is 0 Å². The van der Waals surface area contributed by atoms with Gasteiger partial charge >= 0.3 is 6.03 Å². The molecule has 0 radical (unpaired) electrons. The summed E-state index contributed by atoms with van der Waals surface area (Å²) in [7, 11) is 1.58. The standard InChI is InChI=1S/C21H23F2N3O2/c1-26(13-15-8-9-18(22)19(23)11-15)21(28)24-12-14-4-2-7-17(10-14)25-20(27)16-5-3-6-16/h2,4,7-11,16H,3,5-6,12-13H2,1H3,(H,24,28)(H,25,27). The normalized spacial score (nSPS) is 13.5. The maximum atomic E-state index is 13.3. The molecule has 148 valence electrons. The molecule has 0 saturated heterocycles. The van der Waals surface area contributed by atoms with E-state index < -0.39 is 11.6 Å². The molecule has 2 N–H and O–H groups in total. The molecule has 2 aromatic rings. The molecule has 0 unspecified atom stereocenters. The number of anilines is 1. The summed E-state index contributed by atoms with van der Waals surface area (Å²) in [6.45, 7) is 0.439. The first kappa shape index (κ1) is 19.8. The molecular formula is C21H23F2N3O2. The largest absolute Gasteiger partial charge is 0.334 e. The predicted molar refractivity (Wildman–Crippen MR) is 102 cm³/mol. The molecule has 0 bridgehead atoms. The monoisotopic (exact) mass is 387 g/mol. The van der Waals surface area contributed by atoms with Gasteiger partial charge in [0.15, 0.2) is 11.6 Å². The predicted octanol–water partition coefficient (Wildman–Crippen LogP) is 4.05. The number of nitrogens with zero attached hydrogens (tertiary/aromatic N) is 1. The number of benzene rings is 2. The molecule has 1 aliphatic carbocycles. The number of carbonyl (C=O) groups excluding carboxylic acids is 2. The van der Waals surface area contributed by atoms with E-state index in [1.807, 2.05) is 24.3 Å². The maximum Gasteiger partial charge on any atom is 0.317 e. The van der Waals surface area contributed by atoms with Crippen LogP contribution in [0.5, 0.6) is 0 Å². The van der Waals surface area contributed by atoms with E-state index in [1.54, 1.807) is 7.05 Å². The summed E-state index contributed by atoms with van der Waals surface area (Å²) in [5.41, 5.74) is 2.05. The van der Waals surface area contributed by atoms with Crippen LogP contribution in [0.4, 0.5) is 19.3 Å². The molecule has 2 aromatic carbocycles. The first-order valence-electron chi connectivity index (χ1n) is 9.25. The highest BCUT2D eigenvalue weighted by Gasteiger charge is 2.25. The second-order valence-electron chi connectivity index (χ2n) is 7.08. The first-order valence-corrected chi connectivity index (χ1v) is 9.25. The molecule has 1 aliphatic rings. The van der Waals surface area contributed by atoms with Gasteiger partial charge in [0.05, 0.1) is 0 Å². The van der Waals surface area contributed by atoms with Crippen LogP contribution in [-0.4, -0.2) is 23.9 Å². The van der Waals surface area contributed by atoms with Crippen LogP contribution >= 0.6 is 0 Å². The summed E-state index contributed by atoms with van der Waals surface area (Å²) in [6.07, 6.45) is 2.97. The van der Waals surface area contributed by atoms with E-state index in [2.05, 4.69) is 10.6 Å². The van der Waals surface area contributed by atoms with Crippen LogP contribution in [-0.2, 0) is 17.9 Å². The summed E-state index contributed by atoms with van der Waals surface area (Å²) in [4.78, 5) is 25.7. The third-order valence-electron chi connectivity index (χ3n) is 4.86. The Bertz CT molecular complexity index is 868. The first-order chi connectivity index (χ1) is 13.4. The quantitative estimate of drug-likeness (QED) is 0.786. The Morgan fingerprint density at radius 2 is 1.86 bits per heavy atom. The van der Waals surface area contributed by atoms with Crippen molar-refractivity contribution in [1.82, 2.24) is 10.2 Å². The number of urea groups is 1. The molecule has 0 aliphatic heterocycles. The summed E-state index contributed by atoms with van der Waals surface area (Å²) in [5.74, 6) is -1.71. The van der Waals surface area contributed by atoms with Crippen molar-refractivity contribution in [2.24, 2.45) is 5.92 Å². The van der Waals surface area contributed by atoms with E-state index in [1.165, 1.54) is 11.0 Å². The highest BCUT2D eigenvalue weighted by atomic mass is 19.2. The molecule has 1 fully saturated rings. The third-order valence-corrected chi connectivity index (χ3v) is 4.86. The Morgan fingerprint density at radius 3 is 2.54 bits per heavy atom. The average molecular weight is 387 g/mol. The average Bonchev–Trinajstić information content (AvgIpc) is 2.61. The highest BCUT2D eigenvalue weighted by Crippen LogP contribution is 2.27. The van der Waals surface area contributed by atoms with Crippen molar-refractivity contribution in [3.8, 4) is 0 Å². The van der Waals surface area contributed by atoms with Gasteiger partial charge in [0.2, 0.25) is 5.91 Å². The summed E-state index contributed by atoms with van der Waals surface area (Å²) in [6, 6.07) is 10.5. The van der Waals surface area contributed by atoms with Gasteiger partial charge in [-0.05, 0) is 48.2 Å². The lowest BCUT2D eigenvalue weighted by atomic mass is 9.85. The van der Waals surface area contributed by atoms with Crippen molar-refractivity contribution < 1.29 is 18.4 Å². The van der Waals surface area contributed by atoms with E-state index in [4.69, 9.17) is 0 Å². The topological polar surface area (TPSA) is 61.4 Å². The van der Waals surface area contributed by atoms with Gasteiger partial charge in [-0.25, -0.2) is 13.6 Å². The fraction of sp³-hybridized carbons (Fsp3) is 0.333. The number of nitrogens with one attached hydrogen (secondary N) is 2. The van der Waals surface area contributed by atoms with Crippen LogP contribution in [0, 0.1) is 17.6 Å². The van der Waals surface area contributed by atoms with Crippen molar-refractivity contribution >= 4 is 17.6 Å². The molecule has 7 heteroatoms. The van der Waals surface area contributed by atoms with Crippen molar-refractivity contribution in [1.29, 1.82) is 0 Å². The van der Waals surface area contributed by atoms with E-state index >= 15 is 0 Å². The van der Waals surface area contributed by atoms with E-state index in [9.17, 15) is 18.4 Å². The number of carbonyl (C=O) groups is 2. The van der Waals surface area contributed by atoms with E-state index in [-0.39, 0.29) is 30.9 Å². The molecule has 5 nitrogen and oxygen atoms in total. The highest BCUT2D eigenvalue weighted by molar-refractivity contribution is 5.93. The molecule has 28 heavy (non-hydrogen) atoms. The van der Waals surface area contributed by atoms with Gasteiger partial charge in [0.25, 0.3) is 0 Å². The van der Waals surface area contributed by atoms with Gasteiger partial charge in [0, 0.05) is 31.7 Å². The molecule has 0 atom stereocenters. The van der Waals surface area contributed by atoms with Crippen molar-refractivity contribution in [3.05, 3.63) is 65.2 Å². The molecule has 0 spiro atoms. The second kappa shape index (κ2) is 8.82. The molecule has 3 rings (SSSR count). The Morgan fingerprint density at radius 1 is 1.07 bits per heavy atom. The van der Waals surface area contributed by atoms with E-state index in [0.29, 0.717) is 11.3 Å². The zero-order valence-corrected chi connectivity index (χ0v) is 15.7. The lowest BCUT2D eigenvalue weighted by molar-refractivity contribution is -0.122. The zero-order valence-electron chi connectivity index (χ0n) is 15.7. The molecule has 3 amide bonds. The van der Waals surface area contributed by atoms with Crippen LogP contribution in [0.1, 0.15) is 30.4 Å². The van der Waals surface area contributed by atoms with Crippen molar-refractivity contribution in [3.63, 3.8) is 0 Å². The van der Waals surface area contributed by atoms with Gasteiger partial charge < -0.3 is 15.5 Å².